The van der Waals surface area contributed by atoms with Gasteiger partial charge in [0.15, 0.2) is 0 Å². The van der Waals surface area contributed by atoms with Crippen molar-refractivity contribution >= 4 is 0 Å². The van der Waals surface area contributed by atoms with E-state index < -0.39 is 0 Å². The van der Waals surface area contributed by atoms with E-state index >= 15 is 0 Å². The van der Waals surface area contributed by atoms with Crippen LogP contribution in [-0.4, -0.2) is 40.0 Å². The second-order valence-electron chi connectivity index (χ2n) is 6.10. The highest BCUT2D eigenvalue weighted by Gasteiger charge is 2.18. The lowest BCUT2D eigenvalue weighted by Gasteiger charge is -2.27. The molecule has 22 heavy (non-hydrogen) atoms. The first-order chi connectivity index (χ1) is 10.6. The van der Waals surface area contributed by atoms with Gasteiger partial charge in [0.2, 0.25) is 0 Å². The minimum Gasteiger partial charge on any atom is -0.332 e. The van der Waals surface area contributed by atoms with E-state index in [1.165, 1.54) is 5.56 Å². The summed E-state index contributed by atoms with van der Waals surface area (Å²) in [6, 6.07) is 10.1. The summed E-state index contributed by atoms with van der Waals surface area (Å²) in [6.07, 6.45) is 2.17. The lowest BCUT2D eigenvalue weighted by atomic mass is 10.1. The van der Waals surface area contributed by atoms with Crippen LogP contribution in [0.3, 0.4) is 0 Å². The minimum atomic E-state index is 0.726. The fourth-order valence-corrected chi connectivity index (χ4v) is 2.89. The molecule has 1 aromatic carbocycles. The Labute approximate surface area is 131 Å². The van der Waals surface area contributed by atoms with E-state index in [0.29, 0.717) is 0 Å². The second-order valence-corrected chi connectivity index (χ2v) is 6.10. The third-order valence-electron chi connectivity index (χ3n) is 3.87. The molecule has 114 valence electrons. The van der Waals surface area contributed by atoms with Crippen molar-refractivity contribution in [3.8, 4) is 6.07 Å². The molecule has 0 bridgehead atoms. The van der Waals surface area contributed by atoms with Crippen LogP contribution in [0.25, 0.3) is 0 Å². The molecule has 2 heterocycles. The zero-order valence-electron chi connectivity index (χ0n) is 13.2. The Balaban J connectivity index is 1.68. The zero-order chi connectivity index (χ0) is 15.5. The molecule has 1 aliphatic heterocycles. The lowest BCUT2D eigenvalue weighted by molar-refractivity contribution is 0.209. The Bertz CT molecular complexity index is 695. The number of fused-ring (bicyclic) bond motifs is 1. The molecule has 5 nitrogen and oxygen atoms in total. The van der Waals surface area contributed by atoms with Crippen molar-refractivity contribution in [1.82, 2.24) is 19.4 Å². The molecule has 0 radical (unpaired) electrons. The van der Waals surface area contributed by atoms with Crippen LogP contribution in [-0.2, 0) is 26.2 Å². The first-order valence-corrected chi connectivity index (χ1v) is 7.55. The van der Waals surface area contributed by atoms with Gasteiger partial charge < -0.3 is 9.47 Å². The van der Waals surface area contributed by atoms with Crippen molar-refractivity contribution in [2.75, 3.05) is 20.6 Å². The van der Waals surface area contributed by atoms with Crippen LogP contribution in [0.15, 0.2) is 30.5 Å². The summed E-state index contributed by atoms with van der Waals surface area (Å²) in [7, 11) is 4.12. The van der Waals surface area contributed by atoms with Gasteiger partial charge in [-0.05, 0) is 31.8 Å². The van der Waals surface area contributed by atoms with Gasteiger partial charge in [-0.1, -0.05) is 12.1 Å². The van der Waals surface area contributed by atoms with Crippen molar-refractivity contribution in [1.29, 1.82) is 5.26 Å². The number of hydrogen-bond donors (Lipinski definition) is 0. The largest absolute Gasteiger partial charge is 0.332 e. The predicted molar refractivity (Wildman–Crippen MR) is 84.9 cm³/mol. The highest BCUT2D eigenvalue weighted by Crippen LogP contribution is 2.16. The molecule has 0 saturated heterocycles. The number of rotatable bonds is 4. The SMILES string of the molecule is CN(C)Cc1cn2c(n1)CN(Cc1cccc(C#N)c1)CC2. The van der Waals surface area contributed by atoms with Crippen LogP contribution in [0.1, 0.15) is 22.6 Å². The fraction of sp³-hybridized carbons (Fsp3) is 0.412. The van der Waals surface area contributed by atoms with E-state index in [2.05, 4.69) is 46.8 Å². The quantitative estimate of drug-likeness (QED) is 0.863. The van der Waals surface area contributed by atoms with Crippen molar-refractivity contribution in [2.45, 2.75) is 26.2 Å². The van der Waals surface area contributed by atoms with Crippen LogP contribution >= 0.6 is 0 Å². The number of hydrogen-bond acceptors (Lipinski definition) is 4. The minimum absolute atomic E-state index is 0.726. The molecule has 0 N–H and O–H groups in total. The molecular formula is C17H21N5. The number of nitrogens with zero attached hydrogens (tertiary/aromatic N) is 5. The van der Waals surface area contributed by atoms with E-state index in [9.17, 15) is 0 Å². The van der Waals surface area contributed by atoms with Gasteiger partial charge in [-0.25, -0.2) is 4.98 Å². The van der Waals surface area contributed by atoms with Crippen LogP contribution in [0, 0.1) is 11.3 Å². The maximum absolute atomic E-state index is 8.99. The van der Waals surface area contributed by atoms with E-state index in [4.69, 9.17) is 10.2 Å². The number of imidazole rings is 1. The Hall–Kier alpha value is -2.16. The van der Waals surface area contributed by atoms with Gasteiger partial charge >= 0.3 is 0 Å². The standard InChI is InChI=1S/C17H21N5/c1-20(2)11-16-12-22-7-6-21(13-17(22)19-16)10-15-5-3-4-14(8-15)9-18/h3-5,8,12H,6-7,10-11,13H2,1-2H3. The molecule has 0 amide bonds. The van der Waals surface area contributed by atoms with Gasteiger partial charge in [0, 0.05) is 32.4 Å². The fourth-order valence-electron chi connectivity index (χ4n) is 2.89. The Morgan fingerprint density at radius 2 is 2.18 bits per heavy atom. The summed E-state index contributed by atoms with van der Waals surface area (Å²) in [5.74, 6) is 1.14. The highest BCUT2D eigenvalue weighted by atomic mass is 15.2. The van der Waals surface area contributed by atoms with Gasteiger partial charge in [-0.2, -0.15) is 5.26 Å². The van der Waals surface area contributed by atoms with Gasteiger partial charge in [0.05, 0.1) is 23.9 Å². The molecule has 0 fully saturated rings. The van der Waals surface area contributed by atoms with Crippen LogP contribution in [0.4, 0.5) is 0 Å². The number of benzene rings is 1. The Morgan fingerprint density at radius 3 is 2.95 bits per heavy atom. The van der Waals surface area contributed by atoms with Crippen molar-refractivity contribution in [3.63, 3.8) is 0 Å². The van der Waals surface area contributed by atoms with Crippen molar-refractivity contribution in [3.05, 3.63) is 53.1 Å². The van der Waals surface area contributed by atoms with Gasteiger partial charge in [-0.3, -0.25) is 4.90 Å². The molecule has 0 unspecified atom stereocenters. The van der Waals surface area contributed by atoms with Gasteiger partial charge in [0.1, 0.15) is 5.82 Å². The van der Waals surface area contributed by atoms with E-state index in [-0.39, 0.29) is 0 Å². The molecule has 0 saturated carbocycles. The average Bonchev–Trinajstić information content (AvgIpc) is 2.88. The van der Waals surface area contributed by atoms with E-state index in [1.807, 2.05) is 18.2 Å². The van der Waals surface area contributed by atoms with E-state index in [0.717, 1.165) is 49.8 Å². The highest BCUT2D eigenvalue weighted by molar-refractivity contribution is 5.32. The molecule has 1 aromatic heterocycles. The number of nitriles is 1. The van der Waals surface area contributed by atoms with E-state index in [1.54, 1.807) is 0 Å². The maximum Gasteiger partial charge on any atom is 0.123 e. The summed E-state index contributed by atoms with van der Waals surface area (Å²) in [5.41, 5.74) is 3.05. The smallest absolute Gasteiger partial charge is 0.123 e. The Kier molecular flexibility index (Phi) is 4.23. The molecule has 0 aliphatic carbocycles. The molecule has 5 heteroatoms. The Morgan fingerprint density at radius 1 is 1.32 bits per heavy atom. The zero-order valence-corrected chi connectivity index (χ0v) is 13.2. The maximum atomic E-state index is 8.99. The summed E-state index contributed by atoms with van der Waals surface area (Å²) in [6.45, 7) is 4.61. The van der Waals surface area contributed by atoms with Gasteiger partial charge in [0.25, 0.3) is 0 Å². The second kappa shape index (κ2) is 6.30. The summed E-state index contributed by atoms with van der Waals surface area (Å²) < 4.78 is 2.26. The van der Waals surface area contributed by atoms with Crippen molar-refractivity contribution in [2.24, 2.45) is 0 Å². The first-order valence-electron chi connectivity index (χ1n) is 7.55. The predicted octanol–water partition coefficient (Wildman–Crippen LogP) is 1.83. The van der Waals surface area contributed by atoms with Gasteiger partial charge in [-0.15, -0.1) is 0 Å². The third kappa shape index (κ3) is 3.35. The van der Waals surface area contributed by atoms with Crippen LogP contribution in [0.5, 0.6) is 0 Å². The molecule has 2 aromatic rings. The molecular weight excluding hydrogens is 274 g/mol. The topological polar surface area (TPSA) is 48.1 Å². The van der Waals surface area contributed by atoms with Crippen molar-refractivity contribution < 1.29 is 0 Å². The van der Waals surface area contributed by atoms with Crippen LogP contribution < -0.4 is 0 Å². The monoisotopic (exact) mass is 295 g/mol. The first kappa shape index (κ1) is 14.8. The molecule has 0 atom stereocenters. The number of aromatic nitrogens is 2. The molecule has 0 spiro atoms. The molecule has 3 rings (SSSR count). The molecule has 1 aliphatic rings. The lowest BCUT2D eigenvalue weighted by Crippen LogP contribution is -2.33. The normalized spacial score (nSPS) is 14.8. The summed E-state index contributed by atoms with van der Waals surface area (Å²) in [4.78, 5) is 9.27. The van der Waals surface area contributed by atoms with Crippen LogP contribution in [0.2, 0.25) is 0 Å². The third-order valence-corrected chi connectivity index (χ3v) is 3.87. The average molecular weight is 295 g/mol. The summed E-state index contributed by atoms with van der Waals surface area (Å²) >= 11 is 0. The summed E-state index contributed by atoms with van der Waals surface area (Å²) in [5, 5.41) is 8.99.